The second kappa shape index (κ2) is 4.27. The highest BCUT2D eigenvalue weighted by Gasteiger charge is 2.45. The Morgan fingerprint density at radius 3 is 2.44 bits per heavy atom. The highest BCUT2D eigenvalue weighted by molar-refractivity contribution is 7.86. The number of hydrogen-bond acceptors (Lipinski definition) is 3. The molecule has 0 radical (unpaired) electrons. The molecule has 5 unspecified atom stereocenters. The van der Waals surface area contributed by atoms with E-state index in [-0.39, 0.29) is 5.92 Å². The molecule has 0 heterocycles. The van der Waals surface area contributed by atoms with Gasteiger partial charge >= 0.3 is 0 Å². The van der Waals surface area contributed by atoms with Gasteiger partial charge in [0.15, 0.2) is 0 Å². The van der Waals surface area contributed by atoms with E-state index >= 15 is 0 Å². The van der Waals surface area contributed by atoms with E-state index in [9.17, 15) is 8.42 Å². The smallest absolute Gasteiger partial charge is 0.267 e. The van der Waals surface area contributed by atoms with Crippen molar-refractivity contribution in [1.82, 2.24) is 0 Å². The second-order valence-corrected chi connectivity index (χ2v) is 7.23. The van der Waals surface area contributed by atoms with Gasteiger partial charge in [-0.1, -0.05) is 6.42 Å². The summed E-state index contributed by atoms with van der Waals surface area (Å²) in [5, 5.41) is -0.721. The average Bonchev–Trinajstić information content (AvgIpc) is 2.78. The lowest BCUT2D eigenvalue weighted by Crippen LogP contribution is -2.39. The summed E-state index contributed by atoms with van der Waals surface area (Å²) >= 11 is 0. The molecule has 2 bridgehead atoms. The lowest BCUT2D eigenvalue weighted by atomic mass is 9.78. The highest BCUT2D eigenvalue weighted by atomic mass is 32.2. The monoisotopic (exact) mass is 247 g/mol. The SMILES string of the molecule is CC(C(CN)C1CC2CCC1C2)S(=O)(=O)O. The molecule has 2 aliphatic carbocycles. The Kier molecular flexibility index (Phi) is 3.29. The van der Waals surface area contributed by atoms with Gasteiger partial charge in [-0.15, -0.1) is 0 Å². The summed E-state index contributed by atoms with van der Waals surface area (Å²) < 4.78 is 31.5. The maximum atomic E-state index is 11.2. The molecule has 2 aliphatic rings. The molecule has 5 atom stereocenters. The van der Waals surface area contributed by atoms with E-state index in [2.05, 4.69) is 0 Å². The molecule has 16 heavy (non-hydrogen) atoms. The van der Waals surface area contributed by atoms with Crippen LogP contribution in [-0.2, 0) is 10.1 Å². The van der Waals surface area contributed by atoms with E-state index < -0.39 is 15.4 Å². The van der Waals surface area contributed by atoms with Crippen molar-refractivity contribution >= 4 is 10.1 Å². The first-order chi connectivity index (χ1) is 7.43. The maximum Gasteiger partial charge on any atom is 0.267 e. The van der Waals surface area contributed by atoms with Crippen molar-refractivity contribution in [3.63, 3.8) is 0 Å². The Morgan fingerprint density at radius 1 is 1.38 bits per heavy atom. The third-order valence-corrected chi connectivity index (χ3v) is 5.98. The summed E-state index contributed by atoms with van der Waals surface area (Å²) in [6.07, 6.45) is 4.84. The summed E-state index contributed by atoms with van der Waals surface area (Å²) in [4.78, 5) is 0. The molecule has 0 spiro atoms. The van der Waals surface area contributed by atoms with Crippen LogP contribution >= 0.6 is 0 Å². The fraction of sp³-hybridized carbons (Fsp3) is 1.00. The molecule has 94 valence electrons. The fourth-order valence-electron chi connectivity index (χ4n) is 3.75. The lowest BCUT2D eigenvalue weighted by Gasteiger charge is -2.32. The zero-order valence-corrected chi connectivity index (χ0v) is 10.5. The summed E-state index contributed by atoms with van der Waals surface area (Å²) in [5.74, 6) is 1.74. The molecule has 3 N–H and O–H groups in total. The average molecular weight is 247 g/mol. The minimum atomic E-state index is -3.95. The molecule has 2 fully saturated rings. The van der Waals surface area contributed by atoms with Crippen LogP contribution in [0.5, 0.6) is 0 Å². The van der Waals surface area contributed by atoms with Crippen LogP contribution in [0.2, 0.25) is 0 Å². The topological polar surface area (TPSA) is 80.4 Å². The Bertz CT molecular complexity index is 354. The standard InChI is InChI=1S/C11H21NO3S/c1-7(16(13,14)15)11(6-12)10-5-8-2-3-9(10)4-8/h7-11H,2-6,12H2,1H3,(H,13,14,15). The first-order valence-corrected chi connectivity index (χ1v) is 7.60. The van der Waals surface area contributed by atoms with Crippen LogP contribution in [0.15, 0.2) is 0 Å². The molecule has 0 aromatic heterocycles. The zero-order chi connectivity index (χ0) is 11.9. The quantitative estimate of drug-likeness (QED) is 0.733. The van der Waals surface area contributed by atoms with Crippen LogP contribution in [0.4, 0.5) is 0 Å². The Morgan fingerprint density at radius 2 is 2.06 bits per heavy atom. The second-order valence-electron chi connectivity index (χ2n) is 5.46. The summed E-state index contributed by atoms with van der Waals surface area (Å²) in [5.41, 5.74) is 5.71. The lowest BCUT2D eigenvalue weighted by molar-refractivity contribution is 0.224. The summed E-state index contributed by atoms with van der Waals surface area (Å²) in [7, 11) is -3.95. The van der Waals surface area contributed by atoms with Gasteiger partial charge in [0.1, 0.15) is 0 Å². The molecule has 2 rings (SSSR count). The van der Waals surface area contributed by atoms with Crippen molar-refractivity contribution in [1.29, 1.82) is 0 Å². The molecule has 2 saturated carbocycles. The van der Waals surface area contributed by atoms with Crippen molar-refractivity contribution in [2.75, 3.05) is 6.54 Å². The van der Waals surface area contributed by atoms with E-state index in [1.807, 2.05) is 0 Å². The third kappa shape index (κ3) is 2.13. The van der Waals surface area contributed by atoms with Gasteiger partial charge in [-0.05, 0) is 56.4 Å². The number of hydrogen-bond donors (Lipinski definition) is 2. The van der Waals surface area contributed by atoms with Crippen LogP contribution in [0, 0.1) is 23.7 Å². The van der Waals surface area contributed by atoms with Crippen molar-refractivity contribution in [2.24, 2.45) is 29.4 Å². The largest absolute Gasteiger partial charge is 0.330 e. The number of fused-ring (bicyclic) bond motifs is 2. The normalized spacial score (nSPS) is 37.6. The van der Waals surface area contributed by atoms with Gasteiger partial charge in [-0.2, -0.15) is 8.42 Å². The first kappa shape index (κ1) is 12.3. The summed E-state index contributed by atoms with van der Waals surface area (Å²) in [6.45, 7) is 1.94. The van der Waals surface area contributed by atoms with E-state index in [0.29, 0.717) is 18.4 Å². The van der Waals surface area contributed by atoms with Gasteiger partial charge in [-0.3, -0.25) is 4.55 Å². The van der Waals surface area contributed by atoms with E-state index in [1.54, 1.807) is 6.92 Å². The van der Waals surface area contributed by atoms with Gasteiger partial charge in [-0.25, -0.2) is 0 Å². The predicted molar refractivity (Wildman–Crippen MR) is 62.5 cm³/mol. The van der Waals surface area contributed by atoms with Crippen LogP contribution in [-0.4, -0.2) is 24.8 Å². The summed E-state index contributed by atoms with van der Waals surface area (Å²) in [6, 6.07) is 0. The first-order valence-electron chi connectivity index (χ1n) is 6.09. The van der Waals surface area contributed by atoms with Crippen LogP contribution in [0.3, 0.4) is 0 Å². The van der Waals surface area contributed by atoms with E-state index in [1.165, 1.54) is 19.3 Å². The molecule has 0 aromatic rings. The fourth-order valence-corrected chi connectivity index (χ4v) is 4.51. The molecule has 0 aliphatic heterocycles. The molecular formula is C11H21NO3S. The molecule has 0 saturated heterocycles. The Balaban J connectivity index is 2.11. The van der Waals surface area contributed by atoms with Gasteiger partial charge in [0.05, 0.1) is 5.25 Å². The molecular weight excluding hydrogens is 226 g/mol. The molecule has 0 amide bonds. The van der Waals surface area contributed by atoms with E-state index in [4.69, 9.17) is 10.3 Å². The van der Waals surface area contributed by atoms with Gasteiger partial charge < -0.3 is 5.73 Å². The van der Waals surface area contributed by atoms with Gasteiger partial charge in [0.2, 0.25) is 0 Å². The van der Waals surface area contributed by atoms with E-state index in [0.717, 1.165) is 12.3 Å². The molecule has 0 aromatic carbocycles. The van der Waals surface area contributed by atoms with Crippen LogP contribution in [0.1, 0.15) is 32.6 Å². The Hall–Kier alpha value is -0.130. The highest BCUT2D eigenvalue weighted by Crippen LogP contribution is 2.51. The minimum absolute atomic E-state index is 0.0784. The van der Waals surface area contributed by atoms with Crippen molar-refractivity contribution in [2.45, 2.75) is 37.9 Å². The third-order valence-electron chi connectivity index (χ3n) is 4.69. The maximum absolute atomic E-state index is 11.2. The number of rotatable bonds is 4. The van der Waals surface area contributed by atoms with Crippen LogP contribution in [0.25, 0.3) is 0 Å². The zero-order valence-electron chi connectivity index (χ0n) is 9.67. The number of nitrogens with two attached hydrogens (primary N) is 1. The van der Waals surface area contributed by atoms with Crippen molar-refractivity contribution in [3.8, 4) is 0 Å². The van der Waals surface area contributed by atoms with Crippen LogP contribution < -0.4 is 5.73 Å². The van der Waals surface area contributed by atoms with Crippen molar-refractivity contribution < 1.29 is 13.0 Å². The Labute approximate surface area is 97.3 Å². The molecule has 4 nitrogen and oxygen atoms in total. The minimum Gasteiger partial charge on any atom is -0.330 e. The predicted octanol–water partition coefficient (Wildman–Crippen LogP) is 1.27. The molecule has 5 heteroatoms. The van der Waals surface area contributed by atoms with Crippen molar-refractivity contribution in [3.05, 3.63) is 0 Å². The van der Waals surface area contributed by atoms with Gasteiger partial charge in [0.25, 0.3) is 10.1 Å². The van der Waals surface area contributed by atoms with Gasteiger partial charge in [0, 0.05) is 0 Å².